The average Bonchev–Trinajstić information content (AvgIpc) is 2.17. The molecule has 0 saturated heterocycles. The van der Waals surface area contributed by atoms with E-state index in [0.717, 1.165) is 5.02 Å². The maximum Gasteiger partial charge on any atom is 0.0620 e. The zero-order chi connectivity index (χ0) is 11.2. The van der Waals surface area contributed by atoms with Gasteiger partial charge in [-0.3, -0.25) is 0 Å². The number of hydrogen-bond acceptors (Lipinski definition) is 2. The number of hydrogen-bond donors (Lipinski definition) is 1. The van der Waals surface area contributed by atoms with Crippen LogP contribution < -0.4 is 10.2 Å². The summed E-state index contributed by atoms with van der Waals surface area (Å²) in [5, 5.41) is 4.34. The molecule has 0 fully saturated rings. The normalized spacial score (nSPS) is 24.7. The number of rotatable bonds is 0. The molecule has 0 amide bonds. The van der Waals surface area contributed by atoms with E-state index in [1.807, 2.05) is 12.1 Å². The molecule has 82 valence electrons. The third kappa shape index (κ3) is 1.67. The summed E-state index contributed by atoms with van der Waals surface area (Å²) in [6.07, 6.45) is 0. The first-order chi connectivity index (χ1) is 7.00. The van der Waals surface area contributed by atoms with Crippen molar-refractivity contribution in [1.29, 1.82) is 0 Å². The number of likely N-dealkylation sites (N-methyl/N-ethyl adjacent to an activating group) is 1. The summed E-state index contributed by atoms with van der Waals surface area (Å²) in [6, 6.07) is 4.97. The number of aryl methyl sites for hydroxylation is 1. The molecular weight excluding hydrogens is 208 g/mol. The predicted molar refractivity (Wildman–Crippen MR) is 67.1 cm³/mol. The Bertz CT molecular complexity index is 389. The van der Waals surface area contributed by atoms with Crippen molar-refractivity contribution in [2.75, 3.05) is 17.3 Å². The van der Waals surface area contributed by atoms with Gasteiger partial charge in [0, 0.05) is 24.2 Å². The largest absolute Gasteiger partial charge is 0.379 e. The lowest BCUT2D eigenvalue weighted by Gasteiger charge is -2.40. The Kier molecular flexibility index (Phi) is 2.55. The van der Waals surface area contributed by atoms with Crippen molar-refractivity contribution < 1.29 is 0 Å². The number of anilines is 2. The molecule has 1 aliphatic heterocycles. The van der Waals surface area contributed by atoms with Crippen molar-refractivity contribution in [2.45, 2.75) is 32.9 Å². The van der Waals surface area contributed by atoms with Gasteiger partial charge in [0.05, 0.1) is 11.4 Å². The minimum Gasteiger partial charge on any atom is -0.379 e. The minimum absolute atomic E-state index is 0.461. The van der Waals surface area contributed by atoms with Crippen LogP contribution in [0.1, 0.15) is 19.4 Å². The Hall–Kier alpha value is -0.890. The fourth-order valence-corrected chi connectivity index (χ4v) is 2.36. The Labute approximate surface area is 96.2 Å². The fourth-order valence-electron chi connectivity index (χ4n) is 2.09. The van der Waals surface area contributed by atoms with Crippen LogP contribution in [0.3, 0.4) is 0 Å². The van der Waals surface area contributed by atoms with Gasteiger partial charge in [0.25, 0.3) is 0 Å². The lowest BCUT2D eigenvalue weighted by atomic mass is 10.0. The molecule has 1 aliphatic rings. The average molecular weight is 225 g/mol. The second-order valence-electron chi connectivity index (χ2n) is 4.40. The van der Waals surface area contributed by atoms with Gasteiger partial charge in [0.2, 0.25) is 0 Å². The number of nitrogens with one attached hydrogen (secondary N) is 1. The molecule has 0 aromatic heterocycles. The Morgan fingerprint density at radius 2 is 2.00 bits per heavy atom. The van der Waals surface area contributed by atoms with Gasteiger partial charge in [0.1, 0.15) is 0 Å². The number of fused-ring (bicyclic) bond motifs is 1. The maximum absolute atomic E-state index is 6.08. The smallest absolute Gasteiger partial charge is 0.0620 e. The van der Waals surface area contributed by atoms with Gasteiger partial charge in [-0.1, -0.05) is 11.6 Å². The molecule has 1 aromatic rings. The van der Waals surface area contributed by atoms with Gasteiger partial charge in [0.15, 0.2) is 0 Å². The molecule has 1 N–H and O–H groups in total. The summed E-state index contributed by atoms with van der Waals surface area (Å²) in [7, 11) is 2.12. The van der Waals surface area contributed by atoms with Gasteiger partial charge in [-0.15, -0.1) is 0 Å². The summed E-state index contributed by atoms with van der Waals surface area (Å²) >= 11 is 6.08. The standard InChI is InChI=1S/C12H17ClN2/c1-7-5-10(13)6-11-12(7)14-8(2)9(3)15(11)4/h5-6,8-9,14H,1-4H3. The monoisotopic (exact) mass is 224 g/mol. The number of nitrogens with zero attached hydrogens (tertiary/aromatic N) is 1. The van der Waals surface area contributed by atoms with E-state index in [1.54, 1.807) is 0 Å². The van der Waals surface area contributed by atoms with E-state index in [4.69, 9.17) is 11.6 Å². The third-order valence-electron chi connectivity index (χ3n) is 3.37. The van der Waals surface area contributed by atoms with Gasteiger partial charge < -0.3 is 10.2 Å². The van der Waals surface area contributed by atoms with Crippen LogP contribution in [0.2, 0.25) is 5.02 Å². The molecule has 1 heterocycles. The molecule has 0 bridgehead atoms. The van der Waals surface area contributed by atoms with Gasteiger partial charge in [-0.2, -0.15) is 0 Å². The molecule has 15 heavy (non-hydrogen) atoms. The van der Waals surface area contributed by atoms with Gasteiger partial charge >= 0.3 is 0 Å². The summed E-state index contributed by atoms with van der Waals surface area (Å²) in [6.45, 7) is 6.52. The van der Waals surface area contributed by atoms with Crippen LogP contribution in [0, 0.1) is 6.92 Å². The highest BCUT2D eigenvalue weighted by molar-refractivity contribution is 6.31. The van der Waals surface area contributed by atoms with Crippen LogP contribution in [-0.2, 0) is 0 Å². The number of benzene rings is 1. The molecule has 2 atom stereocenters. The van der Waals surface area contributed by atoms with Crippen LogP contribution >= 0.6 is 11.6 Å². The summed E-state index contributed by atoms with van der Waals surface area (Å²) < 4.78 is 0. The highest BCUT2D eigenvalue weighted by Gasteiger charge is 2.26. The van der Waals surface area contributed by atoms with E-state index in [2.05, 4.69) is 38.0 Å². The van der Waals surface area contributed by atoms with Crippen molar-refractivity contribution in [2.24, 2.45) is 0 Å². The quantitative estimate of drug-likeness (QED) is 0.728. The van der Waals surface area contributed by atoms with E-state index < -0.39 is 0 Å². The number of halogens is 1. The molecule has 0 aliphatic carbocycles. The van der Waals surface area contributed by atoms with Crippen molar-refractivity contribution in [3.63, 3.8) is 0 Å². The van der Waals surface area contributed by atoms with Crippen molar-refractivity contribution in [3.05, 3.63) is 22.7 Å². The molecule has 2 unspecified atom stereocenters. The van der Waals surface area contributed by atoms with Crippen molar-refractivity contribution in [1.82, 2.24) is 0 Å². The van der Waals surface area contributed by atoms with E-state index >= 15 is 0 Å². The summed E-state index contributed by atoms with van der Waals surface area (Å²) in [5.74, 6) is 0. The first kappa shape index (κ1) is 10.6. The highest BCUT2D eigenvalue weighted by Crippen LogP contribution is 2.37. The van der Waals surface area contributed by atoms with E-state index in [9.17, 15) is 0 Å². The molecule has 0 spiro atoms. The van der Waals surface area contributed by atoms with Crippen molar-refractivity contribution in [3.8, 4) is 0 Å². The van der Waals surface area contributed by atoms with Crippen LogP contribution in [-0.4, -0.2) is 19.1 Å². The molecule has 3 heteroatoms. The third-order valence-corrected chi connectivity index (χ3v) is 3.58. The zero-order valence-electron chi connectivity index (χ0n) is 9.63. The van der Waals surface area contributed by atoms with Gasteiger partial charge in [-0.05, 0) is 38.5 Å². The van der Waals surface area contributed by atoms with E-state index in [-0.39, 0.29) is 0 Å². The molecule has 0 saturated carbocycles. The molecule has 1 aromatic carbocycles. The predicted octanol–water partition coefficient (Wildman–Crippen LogP) is 3.29. The van der Waals surface area contributed by atoms with E-state index in [1.165, 1.54) is 16.9 Å². The first-order valence-corrected chi connectivity index (χ1v) is 5.68. The Balaban J connectivity index is 2.55. The SMILES string of the molecule is Cc1cc(Cl)cc2c1NC(C)C(C)N2C. The zero-order valence-corrected chi connectivity index (χ0v) is 10.4. The summed E-state index contributed by atoms with van der Waals surface area (Å²) in [4.78, 5) is 2.29. The van der Waals surface area contributed by atoms with Gasteiger partial charge in [-0.25, -0.2) is 0 Å². The maximum atomic E-state index is 6.08. The van der Waals surface area contributed by atoms with Crippen LogP contribution in [0.4, 0.5) is 11.4 Å². The van der Waals surface area contributed by atoms with Crippen molar-refractivity contribution >= 4 is 23.0 Å². The lowest BCUT2D eigenvalue weighted by molar-refractivity contribution is 0.586. The van der Waals surface area contributed by atoms with Crippen LogP contribution in [0.25, 0.3) is 0 Å². The van der Waals surface area contributed by atoms with E-state index in [0.29, 0.717) is 12.1 Å². The molecular formula is C12H17ClN2. The topological polar surface area (TPSA) is 15.3 Å². The Morgan fingerprint density at radius 1 is 1.33 bits per heavy atom. The molecule has 0 radical (unpaired) electrons. The second kappa shape index (κ2) is 3.60. The van der Waals surface area contributed by atoms with Crippen LogP contribution in [0.15, 0.2) is 12.1 Å². The molecule has 2 nitrogen and oxygen atoms in total. The second-order valence-corrected chi connectivity index (χ2v) is 4.84. The van der Waals surface area contributed by atoms with Crippen LogP contribution in [0.5, 0.6) is 0 Å². The summed E-state index contributed by atoms with van der Waals surface area (Å²) in [5.41, 5.74) is 3.63. The minimum atomic E-state index is 0.461. The Morgan fingerprint density at radius 3 is 2.67 bits per heavy atom. The fraction of sp³-hybridized carbons (Fsp3) is 0.500. The molecule has 2 rings (SSSR count). The highest BCUT2D eigenvalue weighted by atomic mass is 35.5. The first-order valence-electron chi connectivity index (χ1n) is 5.30. The lowest BCUT2D eigenvalue weighted by Crippen LogP contribution is -2.45.